The summed E-state index contributed by atoms with van der Waals surface area (Å²) < 4.78 is 4.97. The van der Waals surface area contributed by atoms with Gasteiger partial charge in [-0.3, -0.25) is 9.69 Å². The summed E-state index contributed by atoms with van der Waals surface area (Å²) in [7, 11) is 1.50. The van der Waals surface area contributed by atoms with Crippen LogP contribution in [-0.4, -0.2) is 49.7 Å². The average Bonchev–Trinajstić information content (AvgIpc) is 2.32. The highest BCUT2D eigenvalue weighted by Crippen LogP contribution is 2.29. The highest BCUT2D eigenvalue weighted by atomic mass is 16.5. The number of esters is 1. The van der Waals surface area contributed by atoms with E-state index in [9.17, 15) is 4.79 Å². The van der Waals surface area contributed by atoms with Gasteiger partial charge in [0.2, 0.25) is 0 Å². The molecule has 0 radical (unpaired) electrons. The summed E-state index contributed by atoms with van der Waals surface area (Å²) in [6, 6.07) is 1.11. The van der Waals surface area contributed by atoms with Crippen molar-refractivity contribution in [2.75, 3.05) is 26.7 Å². The van der Waals surface area contributed by atoms with Crippen LogP contribution >= 0.6 is 0 Å². The quantitative estimate of drug-likeness (QED) is 0.801. The molecule has 1 saturated heterocycles. The summed E-state index contributed by atoms with van der Waals surface area (Å²) >= 11 is 0. The van der Waals surface area contributed by atoms with Crippen LogP contribution in [0.15, 0.2) is 0 Å². The molecule has 2 atom stereocenters. The summed E-state index contributed by atoms with van der Waals surface area (Å²) in [4.78, 5) is 14.4. The molecular formula is C16H30N2O2. The first-order chi connectivity index (χ1) is 9.39. The maximum absolute atomic E-state index is 11.9. The predicted octanol–water partition coefficient (Wildman–Crippen LogP) is 2.04. The van der Waals surface area contributed by atoms with Gasteiger partial charge in [0.25, 0.3) is 0 Å². The van der Waals surface area contributed by atoms with Crippen molar-refractivity contribution >= 4 is 5.97 Å². The van der Waals surface area contributed by atoms with Crippen LogP contribution in [0.4, 0.5) is 0 Å². The fourth-order valence-electron chi connectivity index (χ4n) is 3.12. The van der Waals surface area contributed by atoms with Crippen LogP contribution in [0, 0.1) is 11.3 Å². The lowest BCUT2D eigenvalue weighted by atomic mass is 9.86. The third kappa shape index (κ3) is 4.19. The van der Waals surface area contributed by atoms with Crippen molar-refractivity contribution in [3.8, 4) is 0 Å². The van der Waals surface area contributed by atoms with Gasteiger partial charge in [-0.25, -0.2) is 0 Å². The molecular weight excluding hydrogens is 252 g/mol. The fraction of sp³-hybridized carbons (Fsp3) is 0.938. The summed E-state index contributed by atoms with van der Waals surface area (Å²) in [5, 5.41) is 3.65. The Labute approximate surface area is 123 Å². The number of nitrogens with zero attached hydrogens (tertiary/aromatic N) is 1. The maximum atomic E-state index is 11.9. The number of nitrogens with one attached hydrogen (secondary N) is 1. The van der Waals surface area contributed by atoms with E-state index in [0.717, 1.165) is 26.1 Å². The van der Waals surface area contributed by atoms with Crippen molar-refractivity contribution in [2.24, 2.45) is 11.3 Å². The fourth-order valence-corrected chi connectivity index (χ4v) is 3.12. The molecule has 1 heterocycles. The molecule has 1 saturated carbocycles. The number of carbonyl (C=O) groups excluding carboxylic acids is 1. The molecule has 4 nitrogen and oxygen atoms in total. The maximum Gasteiger partial charge on any atom is 0.310 e. The second-order valence-corrected chi connectivity index (χ2v) is 7.63. The van der Waals surface area contributed by atoms with E-state index in [1.165, 1.54) is 26.4 Å². The SMILES string of the molecule is COC(=O)C1CC(NCC(C)(C)C)CN(C2CCC2)C1. The van der Waals surface area contributed by atoms with E-state index < -0.39 is 0 Å². The number of rotatable bonds is 4. The minimum atomic E-state index is -0.0448. The van der Waals surface area contributed by atoms with E-state index in [1.807, 2.05) is 0 Å². The third-order valence-electron chi connectivity index (χ3n) is 4.53. The number of piperidine rings is 1. The van der Waals surface area contributed by atoms with E-state index in [4.69, 9.17) is 4.74 Å². The minimum Gasteiger partial charge on any atom is -0.469 e. The van der Waals surface area contributed by atoms with Gasteiger partial charge in [-0.15, -0.1) is 0 Å². The van der Waals surface area contributed by atoms with Crippen LogP contribution < -0.4 is 5.32 Å². The van der Waals surface area contributed by atoms with Gasteiger partial charge in [0.1, 0.15) is 0 Å². The van der Waals surface area contributed by atoms with Crippen molar-refractivity contribution in [3.05, 3.63) is 0 Å². The van der Waals surface area contributed by atoms with E-state index >= 15 is 0 Å². The first kappa shape index (κ1) is 15.8. The lowest BCUT2D eigenvalue weighted by Gasteiger charge is -2.45. The molecule has 0 spiro atoms. The first-order valence-corrected chi connectivity index (χ1v) is 7.94. The Balaban J connectivity index is 1.94. The van der Waals surface area contributed by atoms with E-state index in [1.54, 1.807) is 0 Å². The van der Waals surface area contributed by atoms with Crippen molar-refractivity contribution in [1.82, 2.24) is 10.2 Å². The molecule has 2 unspecified atom stereocenters. The largest absolute Gasteiger partial charge is 0.469 e. The number of likely N-dealkylation sites (tertiary alicyclic amines) is 1. The van der Waals surface area contributed by atoms with Crippen molar-refractivity contribution in [3.63, 3.8) is 0 Å². The van der Waals surface area contributed by atoms with Crippen LogP contribution in [0.2, 0.25) is 0 Å². The van der Waals surface area contributed by atoms with Gasteiger partial charge in [0.05, 0.1) is 13.0 Å². The van der Waals surface area contributed by atoms with Gasteiger partial charge in [-0.1, -0.05) is 27.2 Å². The molecule has 1 aliphatic heterocycles. The number of methoxy groups -OCH3 is 1. The lowest BCUT2D eigenvalue weighted by Crippen LogP contribution is -2.56. The van der Waals surface area contributed by atoms with Crippen LogP contribution in [0.3, 0.4) is 0 Å². The number of hydrogen-bond acceptors (Lipinski definition) is 4. The number of carbonyl (C=O) groups is 1. The van der Waals surface area contributed by atoms with Crippen LogP contribution in [0.25, 0.3) is 0 Å². The molecule has 1 aliphatic carbocycles. The Kier molecular flexibility index (Phi) is 5.08. The second-order valence-electron chi connectivity index (χ2n) is 7.63. The van der Waals surface area contributed by atoms with Gasteiger partial charge >= 0.3 is 5.97 Å². The Morgan fingerprint density at radius 2 is 2.00 bits per heavy atom. The van der Waals surface area contributed by atoms with Crippen molar-refractivity contribution < 1.29 is 9.53 Å². The normalized spacial score (nSPS) is 29.0. The third-order valence-corrected chi connectivity index (χ3v) is 4.53. The van der Waals surface area contributed by atoms with Gasteiger partial charge in [-0.05, 0) is 24.7 Å². The molecule has 2 aliphatic rings. The molecule has 0 aromatic carbocycles. The van der Waals surface area contributed by atoms with Crippen LogP contribution in [0.5, 0.6) is 0 Å². The molecule has 2 rings (SSSR count). The highest BCUT2D eigenvalue weighted by Gasteiger charge is 2.37. The summed E-state index contributed by atoms with van der Waals surface area (Å²) in [6.45, 7) is 9.67. The Morgan fingerprint density at radius 1 is 1.30 bits per heavy atom. The molecule has 20 heavy (non-hydrogen) atoms. The second kappa shape index (κ2) is 6.44. The monoisotopic (exact) mass is 282 g/mol. The topological polar surface area (TPSA) is 41.6 Å². The van der Waals surface area contributed by atoms with Crippen LogP contribution in [-0.2, 0) is 9.53 Å². The number of ether oxygens (including phenoxy) is 1. The summed E-state index contributed by atoms with van der Waals surface area (Å²) in [5.41, 5.74) is 0.277. The lowest BCUT2D eigenvalue weighted by molar-refractivity contribution is -0.148. The first-order valence-electron chi connectivity index (χ1n) is 7.94. The zero-order chi connectivity index (χ0) is 14.8. The Morgan fingerprint density at radius 3 is 2.50 bits per heavy atom. The average molecular weight is 282 g/mol. The van der Waals surface area contributed by atoms with Crippen molar-refractivity contribution in [1.29, 1.82) is 0 Å². The molecule has 4 heteroatoms. The zero-order valence-electron chi connectivity index (χ0n) is 13.4. The minimum absolute atomic E-state index is 0.0341. The molecule has 2 fully saturated rings. The zero-order valence-corrected chi connectivity index (χ0v) is 13.4. The standard InChI is InChI=1S/C16H30N2O2/c1-16(2,3)11-17-13-8-12(15(19)20-4)9-18(10-13)14-6-5-7-14/h12-14,17H,5-11H2,1-4H3. The predicted molar refractivity (Wildman–Crippen MR) is 80.6 cm³/mol. The molecule has 0 aromatic heterocycles. The molecule has 0 bridgehead atoms. The summed E-state index contributed by atoms with van der Waals surface area (Å²) in [6.07, 6.45) is 4.83. The Hall–Kier alpha value is -0.610. The van der Waals surface area contributed by atoms with Crippen molar-refractivity contribution in [2.45, 2.75) is 58.5 Å². The van der Waals surface area contributed by atoms with E-state index in [0.29, 0.717) is 12.1 Å². The molecule has 116 valence electrons. The van der Waals surface area contributed by atoms with Gasteiger partial charge < -0.3 is 10.1 Å². The van der Waals surface area contributed by atoms with E-state index in [2.05, 4.69) is 31.0 Å². The highest BCUT2D eigenvalue weighted by molar-refractivity contribution is 5.72. The number of hydrogen-bond donors (Lipinski definition) is 1. The molecule has 1 N–H and O–H groups in total. The van der Waals surface area contributed by atoms with Gasteiger partial charge in [-0.2, -0.15) is 0 Å². The Bertz CT molecular complexity index is 334. The summed E-state index contributed by atoms with van der Waals surface area (Å²) in [5.74, 6) is -0.0107. The molecule has 0 aromatic rings. The molecule has 0 amide bonds. The van der Waals surface area contributed by atoms with E-state index in [-0.39, 0.29) is 17.3 Å². The van der Waals surface area contributed by atoms with Crippen LogP contribution in [0.1, 0.15) is 46.5 Å². The smallest absolute Gasteiger partial charge is 0.310 e. The van der Waals surface area contributed by atoms with Gasteiger partial charge in [0, 0.05) is 31.7 Å². The van der Waals surface area contributed by atoms with Gasteiger partial charge in [0.15, 0.2) is 0 Å².